The number of carbonyl (C=O) groups excluding carboxylic acids is 2. The van der Waals surface area contributed by atoms with Crippen molar-refractivity contribution < 1.29 is 63.9 Å². The number of aliphatic hydroxyl groups is 2. The van der Waals surface area contributed by atoms with Gasteiger partial charge >= 0.3 is 41.3 Å². The molecule has 1 amide bonds. The Bertz CT molecular complexity index is 4790. The summed E-state index contributed by atoms with van der Waals surface area (Å²) in [6.45, 7) is 30.8. The van der Waals surface area contributed by atoms with Gasteiger partial charge in [0, 0.05) is 96.2 Å². The van der Waals surface area contributed by atoms with Gasteiger partial charge in [-0.1, -0.05) is 162 Å². The summed E-state index contributed by atoms with van der Waals surface area (Å²) < 4.78 is 15.0. The molecule has 7 aromatic carbocycles. The molecule has 38 heteroatoms. The number of nitrogens with two attached hydrogens (primary N) is 1. The third-order valence-electron chi connectivity index (χ3n) is 21.4. The number of nitrogens with zero attached hydrogens (tertiary/aromatic N) is 8. The average Bonchev–Trinajstić information content (AvgIpc) is 1.62. The number of carbonyl (C=O) groups is 3. The number of amides is 1. The molecule has 2 fully saturated rings. The molecule has 5 aliphatic heterocycles. The van der Waals surface area contributed by atoms with Crippen LogP contribution in [0.15, 0.2) is 174 Å². The number of piperidine rings is 1. The molecule has 124 heavy (non-hydrogen) atoms. The van der Waals surface area contributed by atoms with Crippen LogP contribution >= 0.6 is 145 Å². The number of carboxylic acid groups (broad SMARTS) is 1. The predicted molar refractivity (Wildman–Crippen MR) is 526 cm³/mol. The van der Waals surface area contributed by atoms with E-state index >= 15 is 0 Å². The summed E-state index contributed by atoms with van der Waals surface area (Å²) in [7, 11) is 1.15. The molecule has 5 heterocycles. The Morgan fingerprint density at radius 3 is 1.27 bits per heavy atom. The molecule has 0 radical (unpaired) electrons. The molecule has 12 rings (SSSR count). The highest BCUT2D eigenvalue weighted by atomic mass is 79.9. The Hall–Kier alpha value is -4.61. The van der Waals surface area contributed by atoms with E-state index in [0.29, 0.717) is 62.7 Å². The molecule has 2 saturated heterocycles. The standard InChI is InChI=1S/C14H18BClN4O.C14H22BClN2O.C14H19BClNO2.C12H23B2NO3.C9H9BrClNO2.C8H8BrClO.C8H6BrClO.C7H4BrClO2/c1-10(18-19-17)14-9-12(16)3-4-13(14)11-5-7-20(8-6-11)15(2)21;1-10(17)14-9-12(16)3-4-13(14)11-5-7-18(8-6-11)15(2)19;1-10(18)14-9-12(16)3-4-13(14)11-5-7-17(8-6-11)15(2)19;1-11(2)12(3,4)18-14(17-11)10-6-8-15(9-7-10)13(5)16;1-12(14-2)9(13)7-5-6(11)3-4-8(7)10;2*1-5(11)7-4-6(10)2-3-8(7)9;8-6-2-1-4(9)3-5(6)7(10)11/h3-5,9-10,21H,6-8H2,1-2H3;3-4,9-11,19H,5-8,17H2,1-2H3;3-5,9-10,18-19H,6-8H2,1-2H3;6,16H,7-9H2,1-5H3;3-5H,1-2H3;2-5,11H,1H3;2-4H,1H3;1-3H,(H,10,11)/t;;10-;;;;;/m..1...../s1. The Labute approximate surface area is 800 Å². The fraction of sp³-hybridized carbons (Fsp3) is 0.407. The van der Waals surface area contributed by atoms with Crippen LogP contribution in [0.25, 0.3) is 21.6 Å². The van der Waals surface area contributed by atoms with E-state index in [1.807, 2.05) is 89.7 Å². The number of aromatic carboxylic acids is 1. The number of halogens is 11. The summed E-state index contributed by atoms with van der Waals surface area (Å²) in [4.78, 5) is 48.9. The smallest absolute Gasteiger partial charge is 0.478 e. The maximum absolute atomic E-state index is 11.7. The van der Waals surface area contributed by atoms with Crippen molar-refractivity contribution >= 4 is 209 Å². The molecule has 22 nitrogen and oxygen atoms in total. The fourth-order valence-corrected chi connectivity index (χ4v) is 16.5. The summed E-state index contributed by atoms with van der Waals surface area (Å²) in [5.74, 6) is -0.700. The van der Waals surface area contributed by atoms with Gasteiger partial charge in [0.25, 0.3) is 5.91 Å². The number of Topliss-reactive ketones (excluding diaryl/α,β-unsaturated/α-hetero) is 1. The first-order valence-electron chi connectivity index (χ1n) is 40.1. The van der Waals surface area contributed by atoms with Crippen molar-refractivity contribution in [1.29, 1.82) is 0 Å². The van der Waals surface area contributed by atoms with E-state index in [1.54, 1.807) is 95.0 Å². The third-order valence-corrected chi connectivity index (χ3v) is 25.8. The number of ketones is 1. The third kappa shape index (κ3) is 34.6. The van der Waals surface area contributed by atoms with Crippen LogP contribution in [0.3, 0.4) is 0 Å². The van der Waals surface area contributed by atoms with Gasteiger partial charge in [0.15, 0.2) is 5.78 Å². The zero-order valence-corrected chi connectivity index (χ0v) is 83.9. The lowest BCUT2D eigenvalue weighted by atomic mass is 9.72. The molecule has 0 bridgehead atoms. The highest BCUT2D eigenvalue weighted by Crippen LogP contribution is 2.41. The Morgan fingerprint density at radius 2 is 0.903 bits per heavy atom. The first-order chi connectivity index (χ1) is 58.1. The van der Waals surface area contributed by atoms with E-state index in [-0.39, 0.29) is 61.8 Å². The summed E-state index contributed by atoms with van der Waals surface area (Å²) in [5.41, 5.74) is 26.3. The van der Waals surface area contributed by atoms with Crippen LogP contribution in [0.5, 0.6) is 0 Å². The molecule has 668 valence electrons. The van der Waals surface area contributed by atoms with Gasteiger partial charge < -0.3 is 69.7 Å². The minimum Gasteiger partial charge on any atom is -0.478 e. The quantitative estimate of drug-likeness (QED) is 0.0105. The molecular formula is C86H109B5Br4Cl7N9O13. The van der Waals surface area contributed by atoms with Crippen LogP contribution in [0.1, 0.15) is 195 Å². The van der Waals surface area contributed by atoms with E-state index in [9.17, 15) is 44.7 Å². The van der Waals surface area contributed by atoms with Crippen molar-refractivity contribution in [2.24, 2.45) is 10.8 Å². The first kappa shape index (κ1) is 110. The van der Waals surface area contributed by atoms with Gasteiger partial charge in [-0.3, -0.25) is 14.4 Å². The minimum atomic E-state index is -0.987. The summed E-state index contributed by atoms with van der Waals surface area (Å²) >= 11 is 53.8. The maximum Gasteiger partial charge on any atom is 0.490 e. The lowest BCUT2D eigenvalue weighted by Crippen LogP contribution is -2.42. The monoisotopic (exact) mass is 2090 g/mol. The van der Waals surface area contributed by atoms with Gasteiger partial charge in [0.1, 0.15) is 0 Å². The topological polar surface area (TPSA) is 311 Å². The first-order valence-corrected chi connectivity index (χ1v) is 46.0. The lowest BCUT2D eigenvalue weighted by molar-refractivity contribution is -0.0757. The van der Waals surface area contributed by atoms with Crippen LogP contribution in [0.2, 0.25) is 62.5 Å². The number of azide groups is 1. The van der Waals surface area contributed by atoms with Gasteiger partial charge in [-0.2, -0.15) is 0 Å². The Kier molecular flexibility index (Phi) is 47.0. The number of hydroxylamine groups is 2. The van der Waals surface area contributed by atoms with Gasteiger partial charge in [0.2, 0.25) is 0 Å². The fourth-order valence-electron chi connectivity index (χ4n) is 13.3. The van der Waals surface area contributed by atoms with Crippen molar-refractivity contribution in [3.05, 3.63) is 270 Å². The molecule has 3 unspecified atom stereocenters. The Morgan fingerprint density at radius 1 is 0.540 bits per heavy atom. The molecule has 4 atom stereocenters. The predicted octanol–water partition coefficient (Wildman–Crippen LogP) is 22.5. The van der Waals surface area contributed by atoms with E-state index in [0.717, 1.165) is 130 Å². The zero-order valence-electron chi connectivity index (χ0n) is 72.2. The Balaban J connectivity index is 0.000000255. The van der Waals surface area contributed by atoms with Crippen LogP contribution in [-0.4, -0.2) is 190 Å². The SMILES string of the molecule is CB(O)N1CC=C(B2OC(C)(C)C(C)(C)O2)CC1.CB(O)N1CC=C(c2ccc(Cl)cc2C(C)N=[N+]=[N-])CC1.CB(O)N1CC=C(c2ccc(Cl)cc2[C@@H](C)O)CC1.CB(O)N1CCC(c2ccc(Cl)cc2C(C)N)CC1.CC(=O)c1cc(Cl)ccc1Br.CC(O)c1cc(Cl)ccc1Br.CON(C)C(=O)c1cc(Cl)ccc1Br.O=C(O)c1cc(Cl)ccc1Br. The number of aliphatic hydroxyl groups excluding tert-OH is 2. The van der Waals surface area contributed by atoms with Gasteiger partial charge in [-0.15, -0.1) is 0 Å². The van der Waals surface area contributed by atoms with Crippen molar-refractivity contribution in [2.75, 3.05) is 66.5 Å². The van der Waals surface area contributed by atoms with E-state index in [2.05, 4.69) is 131 Å². The average molecular weight is 2100 g/mol. The molecule has 0 aromatic heterocycles. The molecule has 9 N–H and O–H groups in total. The van der Waals surface area contributed by atoms with Gasteiger partial charge in [0.05, 0.1) is 47.7 Å². The zero-order chi connectivity index (χ0) is 92.9. The highest BCUT2D eigenvalue weighted by molar-refractivity contribution is 9.11. The van der Waals surface area contributed by atoms with Crippen LogP contribution in [0, 0.1) is 0 Å². The largest absolute Gasteiger partial charge is 0.490 e. The number of carboxylic acids is 1. The molecule has 0 saturated carbocycles. The lowest BCUT2D eigenvalue weighted by Gasteiger charge is -2.34. The second-order valence-corrected chi connectivity index (χ2v) is 37.5. The normalized spacial score (nSPS) is 16.6. The molecule has 5 aliphatic rings. The maximum atomic E-state index is 11.7. The number of hydrogen-bond acceptors (Lipinski definition) is 18. The van der Waals surface area contributed by atoms with E-state index < -0.39 is 32.3 Å². The van der Waals surface area contributed by atoms with Gasteiger partial charge in [-0.05, 0) is 356 Å². The van der Waals surface area contributed by atoms with Crippen molar-refractivity contribution in [2.45, 2.75) is 163 Å². The number of rotatable bonds is 17. The number of benzene rings is 7. The molecule has 0 spiro atoms. The minimum absolute atomic E-state index is 0.00324. The summed E-state index contributed by atoms with van der Waals surface area (Å²) in [6, 6.07) is 37.2. The van der Waals surface area contributed by atoms with Crippen LogP contribution in [0.4, 0.5) is 0 Å². The molecule has 0 aliphatic carbocycles. The van der Waals surface area contributed by atoms with Crippen molar-refractivity contribution in [3.63, 3.8) is 0 Å². The van der Waals surface area contributed by atoms with E-state index in [4.69, 9.17) is 112 Å². The van der Waals surface area contributed by atoms with E-state index in [1.165, 1.54) is 49.3 Å². The molecule has 7 aromatic rings. The van der Waals surface area contributed by atoms with Gasteiger partial charge in [-0.25, -0.2) is 9.86 Å². The van der Waals surface area contributed by atoms with Crippen LogP contribution in [-0.2, 0) is 14.1 Å². The highest BCUT2D eigenvalue weighted by Gasteiger charge is 2.52. The summed E-state index contributed by atoms with van der Waals surface area (Å²) in [5, 5.41) is 75.1. The second kappa shape index (κ2) is 53.0. The van der Waals surface area contributed by atoms with Crippen LogP contribution < -0.4 is 5.73 Å². The van der Waals surface area contributed by atoms with Crippen molar-refractivity contribution in [1.82, 2.24) is 24.3 Å². The molecular weight excluding hydrogens is 1990 g/mol. The van der Waals surface area contributed by atoms with Crippen molar-refractivity contribution in [3.8, 4) is 0 Å². The second-order valence-electron chi connectivity index (χ2n) is 31.0. The number of hydrogen-bond donors (Lipinski definition) is 8. The summed E-state index contributed by atoms with van der Waals surface area (Å²) in [6.07, 6.45) is 10.1.